The van der Waals surface area contributed by atoms with E-state index in [1.807, 2.05) is 18.2 Å². The molecule has 2 heterocycles. The van der Waals surface area contributed by atoms with Crippen molar-refractivity contribution in [3.63, 3.8) is 0 Å². The van der Waals surface area contributed by atoms with Crippen LogP contribution in [0.15, 0.2) is 36.4 Å². The number of rotatable bonds is 5. The number of nitrogens with zero attached hydrogens (tertiary/aromatic N) is 1. The molecule has 3 rings (SSSR count). The van der Waals surface area contributed by atoms with E-state index in [4.69, 9.17) is 10.5 Å². The van der Waals surface area contributed by atoms with Gasteiger partial charge in [0, 0.05) is 11.1 Å². The molecule has 142 valence electrons. The van der Waals surface area contributed by atoms with Crippen LogP contribution < -0.4 is 15.8 Å². The van der Waals surface area contributed by atoms with Gasteiger partial charge in [0.05, 0.1) is 17.8 Å². The number of nitrogen functional groups attached to an aromatic ring is 1. The van der Waals surface area contributed by atoms with Gasteiger partial charge in [0.2, 0.25) is 0 Å². The Kier molecular flexibility index (Phi) is 5.22. The quantitative estimate of drug-likeness (QED) is 0.640. The van der Waals surface area contributed by atoms with Crippen molar-refractivity contribution in [3.8, 4) is 5.75 Å². The van der Waals surface area contributed by atoms with Crippen LogP contribution in [0.1, 0.15) is 20.9 Å². The predicted molar refractivity (Wildman–Crippen MR) is 98.0 cm³/mol. The summed E-state index contributed by atoms with van der Waals surface area (Å²) in [6.45, 7) is 1.86. The number of halogens is 3. The van der Waals surface area contributed by atoms with Gasteiger partial charge in [-0.1, -0.05) is 18.2 Å². The summed E-state index contributed by atoms with van der Waals surface area (Å²) in [6.07, 6.45) is -4.58. The second kappa shape index (κ2) is 7.43. The van der Waals surface area contributed by atoms with E-state index in [1.54, 1.807) is 12.1 Å². The normalized spacial score (nSPS) is 11.6. The number of pyridine rings is 1. The van der Waals surface area contributed by atoms with Crippen molar-refractivity contribution in [2.75, 3.05) is 18.9 Å². The third kappa shape index (κ3) is 4.13. The lowest BCUT2D eigenvalue weighted by Gasteiger charge is -2.10. The molecule has 2 aromatic heterocycles. The molecule has 5 nitrogen and oxygen atoms in total. The first-order valence-corrected chi connectivity index (χ1v) is 8.82. The second-order valence-corrected chi connectivity index (χ2v) is 6.75. The summed E-state index contributed by atoms with van der Waals surface area (Å²) >= 11 is 0.842. The summed E-state index contributed by atoms with van der Waals surface area (Å²) in [5.41, 5.74) is 4.97. The van der Waals surface area contributed by atoms with E-state index < -0.39 is 17.6 Å². The van der Waals surface area contributed by atoms with E-state index in [-0.39, 0.29) is 39.6 Å². The number of hydrogen-bond donors (Lipinski definition) is 2. The second-order valence-electron chi connectivity index (χ2n) is 5.75. The van der Waals surface area contributed by atoms with E-state index in [0.29, 0.717) is 5.75 Å². The molecule has 3 N–H and O–H groups in total. The van der Waals surface area contributed by atoms with Crippen LogP contribution in [0.25, 0.3) is 10.2 Å². The molecule has 0 spiro atoms. The first-order chi connectivity index (χ1) is 12.8. The monoisotopic (exact) mass is 395 g/mol. The number of carbonyl (C=O) groups is 1. The zero-order valence-corrected chi connectivity index (χ0v) is 15.1. The van der Waals surface area contributed by atoms with Gasteiger partial charge in [-0.3, -0.25) is 4.79 Å². The molecular weight excluding hydrogens is 379 g/mol. The maximum absolute atomic E-state index is 13.3. The van der Waals surface area contributed by atoms with Crippen molar-refractivity contribution < 1.29 is 22.7 Å². The molecule has 0 aliphatic rings. The summed E-state index contributed by atoms with van der Waals surface area (Å²) in [4.78, 5) is 16.5. The highest BCUT2D eigenvalue weighted by molar-refractivity contribution is 7.21. The third-order valence-corrected chi connectivity index (χ3v) is 4.84. The topological polar surface area (TPSA) is 77.2 Å². The summed E-state index contributed by atoms with van der Waals surface area (Å²) in [6, 6.07) is 9.97. The molecule has 0 unspecified atom stereocenters. The molecule has 1 amide bonds. The Bertz CT molecular complexity index is 971. The summed E-state index contributed by atoms with van der Waals surface area (Å²) < 4.78 is 45.4. The molecule has 9 heteroatoms. The number of benzene rings is 1. The number of fused-ring (bicyclic) bond motifs is 1. The number of thiophene rings is 1. The minimum Gasteiger partial charge on any atom is -0.492 e. The van der Waals surface area contributed by atoms with Gasteiger partial charge in [0.1, 0.15) is 22.1 Å². The number of aryl methyl sites for hydroxylation is 1. The van der Waals surface area contributed by atoms with Crippen LogP contribution in [0.2, 0.25) is 0 Å². The van der Waals surface area contributed by atoms with Gasteiger partial charge in [0.25, 0.3) is 5.91 Å². The van der Waals surface area contributed by atoms with E-state index in [1.165, 1.54) is 6.92 Å². The molecule has 0 saturated heterocycles. The van der Waals surface area contributed by atoms with Crippen molar-refractivity contribution in [2.45, 2.75) is 13.1 Å². The van der Waals surface area contributed by atoms with Gasteiger partial charge in [-0.2, -0.15) is 13.2 Å². The number of alkyl halides is 3. The Labute approximate surface area is 157 Å². The Hall–Kier alpha value is -2.81. The summed E-state index contributed by atoms with van der Waals surface area (Å²) in [5, 5.41) is 2.37. The first-order valence-electron chi connectivity index (χ1n) is 8.00. The van der Waals surface area contributed by atoms with Crippen molar-refractivity contribution in [3.05, 3.63) is 52.5 Å². The van der Waals surface area contributed by atoms with Gasteiger partial charge in [0.15, 0.2) is 0 Å². The van der Waals surface area contributed by atoms with Crippen LogP contribution >= 0.6 is 11.3 Å². The van der Waals surface area contributed by atoms with Gasteiger partial charge >= 0.3 is 6.18 Å². The summed E-state index contributed by atoms with van der Waals surface area (Å²) in [7, 11) is 0. The number of amides is 1. The van der Waals surface area contributed by atoms with Crippen LogP contribution in [0.3, 0.4) is 0 Å². The largest absolute Gasteiger partial charge is 0.492 e. The molecule has 0 radical (unpaired) electrons. The third-order valence-electron chi connectivity index (χ3n) is 3.74. The van der Waals surface area contributed by atoms with E-state index >= 15 is 0 Å². The highest BCUT2D eigenvalue weighted by Crippen LogP contribution is 2.42. The number of ether oxygens (including phenoxy) is 1. The molecule has 27 heavy (non-hydrogen) atoms. The molecule has 0 bridgehead atoms. The van der Waals surface area contributed by atoms with Crippen molar-refractivity contribution in [2.24, 2.45) is 0 Å². The molecule has 0 aliphatic heterocycles. The zero-order valence-electron chi connectivity index (χ0n) is 14.3. The van der Waals surface area contributed by atoms with E-state index in [9.17, 15) is 18.0 Å². The fraction of sp³-hybridized carbons (Fsp3) is 0.222. The first kappa shape index (κ1) is 19.0. The highest BCUT2D eigenvalue weighted by atomic mass is 32.1. The lowest BCUT2D eigenvalue weighted by Crippen LogP contribution is -2.28. The molecule has 0 atom stereocenters. The van der Waals surface area contributed by atoms with Gasteiger partial charge < -0.3 is 15.8 Å². The molecular formula is C18H16F3N3O2S. The van der Waals surface area contributed by atoms with E-state index in [0.717, 1.165) is 17.4 Å². The highest BCUT2D eigenvalue weighted by Gasteiger charge is 2.35. The number of anilines is 1. The number of nitrogens with two attached hydrogens (primary N) is 1. The Morgan fingerprint density at radius 2 is 2.00 bits per heavy atom. The van der Waals surface area contributed by atoms with Crippen LogP contribution in [0.5, 0.6) is 5.75 Å². The van der Waals surface area contributed by atoms with Crippen LogP contribution in [0.4, 0.5) is 18.9 Å². The number of nitrogens with one attached hydrogen (secondary N) is 1. The number of aromatic nitrogens is 1. The molecule has 3 aromatic rings. The van der Waals surface area contributed by atoms with E-state index in [2.05, 4.69) is 10.3 Å². The van der Waals surface area contributed by atoms with Crippen LogP contribution in [0, 0.1) is 6.92 Å². The van der Waals surface area contributed by atoms with Crippen LogP contribution in [-0.2, 0) is 6.18 Å². The number of hydrogen-bond acceptors (Lipinski definition) is 5. The molecule has 0 aliphatic carbocycles. The average molecular weight is 395 g/mol. The standard InChI is InChI=1S/C18H16F3N3O2S/c1-10-9-12(18(19,20)21)13-14(22)15(27-17(13)24-10)16(25)23-7-8-26-11-5-3-2-4-6-11/h2-6,9H,7-8,22H2,1H3,(H,23,25). The maximum atomic E-state index is 13.3. The van der Waals surface area contributed by atoms with Gasteiger partial charge in [-0.25, -0.2) is 4.98 Å². The predicted octanol–water partition coefficient (Wildman–Crippen LogP) is 4.01. The SMILES string of the molecule is Cc1cc(C(F)(F)F)c2c(N)c(C(=O)NCCOc3ccccc3)sc2n1. The van der Waals surface area contributed by atoms with Crippen LogP contribution in [-0.4, -0.2) is 24.0 Å². The fourth-order valence-electron chi connectivity index (χ4n) is 2.57. The van der Waals surface area contributed by atoms with Gasteiger partial charge in [-0.15, -0.1) is 11.3 Å². The average Bonchev–Trinajstić information content (AvgIpc) is 2.94. The van der Waals surface area contributed by atoms with Gasteiger partial charge in [-0.05, 0) is 25.1 Å². The Morgan fingerprint density at radius 3 is 2.67 bits per heavy atom. The lowest BCUT2D eigenvalue weighted by molar-refractivity contribution is -0.136. The minimum atomic E-state index is -4.58. The number of para-hydroxylation sites is 1. The Balaban J connectivity index is 1.76. The molecule has 0 saturated carbocycles. The number of carbonyl (C=O) groups excluding carboxylic acids is 1. The smallest absolute Gasteiger partial charge is 0.417 e. The molecule has 0 fully saturated rings. The Morgan fingerprint density at radius 1 is 1.30 bits per heavy atom. The van der Waals surface area contributed by atoms with Crippen molar-refractivity contribution in [1.82, 2.24) is 10.3 Å². The van der Waals surface area contributed by atoms with Crippen molar-refractivity contribution >= 4 is 33.1 Å². The lowest BCUT2D eigenvalue weighted by atomic mass is 10.1. The minimum absolute atomic E-state index is 0.00770. The van der Waals surface area contributed by atoms with Crippen molar-refractivity contribution in [1.29, 1.82) is 0 Å². The maximum Gasteiger partial charge on any atom is 0.417 e. The zero-order chi connectivity index (χ0) is 19.6. The molecule has 1 aromatic carbocycles. The fourth-order valence-corrected chi connectivity index (χ4v) is 3.65. The summed E-state index contributed by atoms with van der Waals surface area (Å²) in [5.74, 6) is 0.0977.